The van der Waals surface area contributed by atoms with Crippen molar-refractivity contribution in [2.45, 2.75) is 0 Å². The molecule has 0 saturated heterocycles. The van der Waals surface area contributed by atoms with Crippen molar-refractivity contribution in [3.63, 3.8) is 0 Å². The van der Waals surface area contributed by atoms with Gasteiger partial charge < -0.3 is 4.57 Å². The average Bonchev–Trinajstić information content (AvgIpc) is 3.76. The Hall–Kier alpha value is -6.53. The van der Waals surface area contributed by atoms with Gasteiger partial charge in [-0.25, -0.2) is 4.98 Å². The van der Waals surface area contributed by atoms with Crippen molar-refractivity contribution in [1.82, 2.24) is 24.1 Å². The van der Waals surface area contributed by atoms with Crippen LogP contribution in [0.4, 0.5) is 0 Å². The van der Waals surface area contributed by atoms with Gasteiger partial charge in [-0.2, -0.15) is 9.97 Å². The summed E-state index contributed by atoms with van der Waals surface area (Å²) < 4.78 is 4.44. The molecule has 244 valence electrons. The molecule has 0 aliphatic carbocycles. The van der Waals surface area contributed by atoms with Gasteiger partial charge >= 0.3 is 0 Å². The summed E-state index contributed by atoms with van der Waals surface area (Å²) in [5.41, 5.74) is 9.17. The Morgan fingerprint density at radius 3 is 1.55 bits per heavy atom. The summed E-state index contributed by atoms with van der Waals surface area (Å²) in [5, 5.41) is 4.29. The van der Waals surface area contributed by atoms with Crippen LogP contribution < -0.4 is 27.3 Å². The first-order valence-corrected chi connectivity index (χ1v) is 17.8. The molecule has 10 aromatic rings. The topological polar surface area (TPSA) is 48.5 Å². The van der Waals surface area contributed by atoms with Gasteiger partial charge in [0.15, 0.2) is 11.6 Å². The third-order valence-corrected chi connectivity index (χ3v) is 10.4. The van der Waals surface area contributed by atoms with Gasteiger partial charge in [-0.1, -0.05) is 126 Å². The molecule has 0 atom stereocenters. The van der Waals surface area contributed by atoms with E-state index in [0.717, 1.165) is 66.0 Å². The molecule has 0 N–H and O–H groups in total. The minimum Gasteiger partial charge on any atom is -0.309 e. The molecule has 7 aromatic carbocycles. The van der Waals surface area contributed by atoms with Crippen LogP contribution in [-0.2, 0) is 0 Å². The second kappa shape index (κ2) is 12.8. The van der Waals surface area contributed by atoms with Gasteiger partial charge in [0, 0.05) is 38.4 Å². The highest BCUT2D eigenvalue weighted by molar-refractivity contribution is 6.68. The quantitative estimate of drug-likeness (QED) is 0.239. The highest BCUT2D eigenvalue weighted by Gasteiger charge is 2.23. The summed E-state index contributed by atoms with van der Waals surface area (Å²) >= 11 is 0. The minimum absolute atomic E-state index is 0.182. The normalized spacial score (nSPS) is 11.6. The first-order valence-electron chi connectivity index (χ1n) is 17.8. The maximum absolute atomic E-state index is 6.54. The number of hydrogen-bond acceptors (Lipinski definition) is 3. The zero-order valence-corrected chi connectivity index (χ0v) is 29.5. The van der Waals surface area contributed by atoms with Crippen molar-refractivity contribution in [3.05, 3.63) is 146 Å². The Morgan fingerprint density at radius 2 is 0.909 bits per heavy atom. The van der Waals surface area contributed by atoms with Gasteiger partial charge in [-0.05, 0) is 41.5 Å². The molecule has 0 aliphatic rings. The molecule has 0 bridgehead atoms. The molecule has 0 saturated carbocycles. The summed E-state index contributed by atoms with van der Waals surface area (Å²) in [6.07, 6.45) is 0. The van der Waals surface area contributed by atoms with Crippen molar-refractivity contribution in [2.75, 3.05) is 0 Å². The predicted molar refractivity (Wildman–Crippen MR) is 232 cm³/mol. The fourth-order valence-electron chi connectivity index (χ4n) is 7.85. The molecule has 3 heterocycles. The summed E-state index contributed by atoms with van der Waals surface area (Å²) in [5.74, 6) is 1.70. The van der Waals surface area contributed by atoms with E-state index in [1.165, 1.54) is 0 Å². The molecule has 10 radical (unpaired) electrons. The van der Waals surface area contributed by atoms with Crippen LogP contribution in [0.1, 0.15) is 0 Å². The fraction of sp³-hybridized carbons (Fsp3) is 0. The molecule has 0 spiro atoms. The number of para-hydroxylation sites is 2. The molecule has 10 rings (SSSR count). The van der Waals surface area contributed by atoms with E-state index in [1.54, 1.807) is 0 Å². The largest absolute Gasteiger partial charge is 0.309 e. The van der Waals surface area contributed by atoms with Gasteiger partial charge in [0.1, 0.15) is 39.2 Å². The number of rotatable bonds is 5. The monoisotopic (exact) mass is 689 g/mol. The Kier molecular flexibility index (Phi) is 7.70. The maximum atomic E-state index is 6.54. The average molecular weight is 689 g/mol. The van der Waals surface area contributed by atoms with Crippen LogP contribution >= 0.6 is 0 Å². The molecule has 0 aliphatic heterocycles. The molecule has 3 aromatic heterocycles. The molecule has 55 heavy (non-hydrogen) atoms. The van der Waals surface area contributed by atoms with E-state index >= 15 is 0 Å². The van der Waals surface area contributed by atoms with Crippen molar-refractivity contribution < 1.29 is 0 Å². The molecule has 0 fully saturated rings. The zero-order valence-electron chi connectivity index (χ0n) is 29.5. The van der Waals surface area contributed by atoms with E-state index in [4.69, 9.17) is 54.2 Å². The highest BCUT2D eigenvalue weighted by atomic mass is 15.2. The van der Waals surface area contributed by atoms with Gasteiger partial charge in [0.25, 0.3) is 0 Å². The summed E-state index contributed by atoms with van der Waals surface area (Å²) in [4.78, 5) is 15.4. The molecule has 0 amide bonds. The van der Waals surface area contributed by atoms with Crippen molar-refractivity contribution >= 4 is 110 Å². The van der Waals surface area contributed by atoms with E-state index < -0.39 is 0 Å². The number of fused-ring (bicyclic) bond motifs is 7. The standard InChI is InChI=1S/C45H24B5N5/c46-37-35(38(47)40(49)41(50)39(37)48)27-16-11-17-28(24-27)54-33-21-10-8-19-31(33)36-34(54)23-22-30-29-18-7-9-20-32(29)55(42(30)36)45-52-43(25-12-3-1-4-13-25)51-44(53-45)26-14-5-2-6-15-26/h1-24H. The van der Waals surface area contributed by atoms with Crippen LogP contribution in [0.3, 0.4) is 0 Å². The lowest BCUT2D eigenvalue weighted by Crippen LogP contribution is -2.55. The second-order valence-corrected chi connectivity index (χ2v) is 13.6. The third-order valence-electron chi connectivity index (χ3n) is 10.4. The first kappa shape index (κ1) is 33.1. The summed E-state index contributed by atoms with van der Waals surface area (Å²) in [6, 6.07) is 49.3. The van der Waals surface area contributed by atoms with E-state index in [-0.39, 0.29) is 27.3 Å². The van der Waals surface area contributed by atoms with E-state index in [9.17, 15) is 0 Å². The minimum atomic E-state index is 0.182. The van der Waals surface area contributed by atoms with Crippen LogP contribution in [0.25, 0.3) is 89.2 Å². The van der Waals surface area contributed by atoms with Crippen LogP contribution in [0.2, 0.25) is 0 Å². The van der Waals surface area contributed by atoms with Gasteiger partial charge in [-0.3, -0.25) is 4.57 Å². The van der Waals surface area contributed by atoms with Crippen LogP contribution in [-0.4, -0.2) is 63.3 Å². The lowest BCUT2D eigenvalue weighted by molar-refractivity contribution is 0.955. The highest BCUT2D eigenvalue weighted by Crippen LogP contribution is 2.42. The van der Waals surface area contributed by atoms with Crippen LogP contribution in [0.15, 0.2) is 146 Å². The van der Waals surface area contributed by atoms with Crippen LogP contribution in [0.5, 0.6) is 0 Å². The van der Waals surface area contributed by atoms with Crippen molar-refractivity contribution in [1.29, 1.82) is 0 Å². The van der Waals surface area contributed by atoms with E-state index in [1.807, 2.05) is 78.9 Å². The number of aromatic nitrogens is 5. The summed E-state index contributed by atoms with van der Waals surface area (Å²) in [7, 11) is 31.8. The predicted octanol–water partition coefficient (Wildman–Crippen LogP) is 5.04. The summed E-state index contributed by atoms with van der Waals surface area (Å²) in [6.45, 7) is 0. The first-order chi connectivity index (χ1) is 26.9. The maximum Gasteiger partial charge on any atom is 0.238 e. The van der Waals surface area contributed by atoms with Crippen molar-refractivity contribution in [2.24, 2.45) is 0 Å². The lowest BCUT2D eigenvalue weighted by Gasteiger charge is -2.22. The molecular formula is C45H24B5N5. The Balaban J connectivity index is 1.30. The fourth-order valence-corrected chi connectivity index (χ4v) is 7.85. The smallest absolute Gasteiger partial charge is 0.238 e. The molecule has 0 unspecified atom stereocenters. The molecule has 5 nitrogen and oxygen atoms in total. The SMILES string of the molecule is [B]c1c([B])c([B])c(-c2cccc(-n3c4ccccc4c4c3ccc3c5ccccc5n(-c5nc(-c6ccccc6)nc(-c6ccccc6)n5)c34)c2)c([B])c1[B]. The van der Waals surface area contributed by atoms with E-state index in [2.05, 4.69) is 75.9 Å². The molecule has 10 heteroatoms. The molecular weight excluding hydrogens is 665 g/mol. The number of nitrogens with zero attached hydrogens (tertiary/aromatic N) is 5. The zero-order chi connectivity index (χ0) is 37.4. The van der Waals surface area contributed by atoms with Gasteiger partial charge in [0.2, 0.25) is 5.95 Å². The van der Waals surface area contributed by atoms with Gasteiger partial charge in [-0.15, -0.1) is 16.4 Å². The van der Waals surface area contributed by atoms with Crippen LogP contribution in [0, 0.1) is 0 Å². The number of hydrogen-bond donors (Lipinski definition) is 0. The lowest BCUT2D eigenvalue weighted by atomic mass is 9.59. The Labute approximate surface area is 324 Å². The van der Waals surface area contributed by atoms with Gasteiger partial charge in [0.05, 0.1) is 22.1 Å². The Bertz CT molecular complexity index is 3070. The Morgan fingerprint density at radius 1 is 0.382 bits per heavy atom. The number of benzene rings is 7. The van der Waals surface area contributed by atoms with Crippen molar-refractivity contribution in [3.8, 4) is 45.5 Å². The third kappa shape index (κ3) is 5.12. The van der Waals surface area contributed by atoms with E-state index in [0.29, 0.717) is 23.2 Å². The second-order valence-electron chi connectivity index (χ2n) is 13.6.